The number of rotatable bonds is 5. The minimum absolute atomic E-state index is 0.0209. The predicted octanol–water partition coefficient (Wildman–Crippen LogP) is 4.69. The maximum absolute atomic E-state index is 14.2. The van der Waals surface area contributed by atoms with Crippen molar-refractivity contribution in [1.29, 1.82) is 0 Å². The monoisotopic (exact) mass is 491 g/mol. The number of aromatic nitrogens is 2. The molecule has 1 aromatic carbocycles. The van der Waals surface area contributed by atoms with Crippen LogP contribution >= 0.6 is 0 Å². The molecule has 1 amide bonds. The molecule has 8 heteroatoms. The van der Waals surface area contributed by atoms with Gasteiger partial charge in [0.1, 0.15) is 11.6 Å². The first kappa shape index (κ1) is 24.3. The summed E-state index contributed by atoms with van der Waals surface area (Å²) in [4.78, 5) is 24.3. The lowest BCUT2D eigenvalue weighted by Gasteiger charge is -2.28. The van der Waals surface area contributed by atoms with Gasteiger partial charge in [-0.1, -0.05) is 0 Å². The second-order valence-electron chi connectivity index (χ2n) is 10.2. The summed E-state index contributed by atoms with van der Waals surface area (Å²) in [6, 6.07) is 7.74. The van der Waals surface area contributed by atoms with E-state index in [-0.39, 0.29) is 11.4 Å². The molecule has 0 aliphatic carbocycles. The van der Waals surface area contributed by atoms with E-state index in [1.165, 1.54) is 12.1 Å². The zero-order chi connectivity index (χ0) is 25.4. The molecule has 2 aromatic heterocycles. The molecule has 0 saturated carbocycles. The maximum Gasteiger partial charge on any atom is 0.255 e. The van der Waals surface area contributed by atoms with Crippen molar-refractivity contribution in [3.63, 3.8) is 0 Å². The largest absolute Gasteiger partial charge is 0.368 e. The number of anilines is 1. The molecule has 5 rings (SSSR count). The first-order chi connectivity index (χ1) is 17.2. The Balaban J connectivity index is 1.51. The van der Waals surface area contributed by atoms with Gasteiger partial charge in [-0.2, -0.15) is 0 Å². The molecule has 0 radical (unpaired) electrons. The Bertz CT molecular complexity index is 1270. The summed E-state index contributed by atoms with van der Waals surface area (Å²) in [6.45, 7) is 7.81. The van der Waals surface area contributed by atoms with Crippen molar-refractivity contribution in [1.82, 2.24) is 20.6 Å². The summed E-state index contributed by atoms with van der Waals surface area (Å²) in [7, 11) is 0. The lowest BCUT2D eigenvalue weighted by molar-refractivity contribution is 0.0951. The standard InChI is InChI=1S/C28H31F2N5O/c1-17-4-5-28(34-17)6-7-35(16-28)26-24(21-10-22(29)12-23(30)11-21)14-31-15-25(26)27(36)32-13-20-8-18(2)33-19(3)9-20/h8-12,14-15,17,34H,4-7,13,16H2,1-3H3,(H,32,36)/t17-,28+/m0/s1. The minimum atomic E-state index is -0.668. The van der Waals surface area contributed by atoms with E-state index in [9.17, 15) is 13.6 Å². The topological polar surface area (TPSA) is 70.2 Å². The fourth-order valence-corrected chi connectivity index (χ4v) is 5.73. The van der Waals surface area contributed by atoms with Gasteiger partial charge in [0.05, 0.1) is 11.3 Å². The van der Waals surface area contributed by atoms with E-state index in [4.69, 9.17) is 0 Å². The van der Waals surface area contributed by atoms with Crippen molar-refractivity contribution < 1.29 is 13.6 Å². The zero-order valence-corrected chi connectivity index (χ0v) is 20.9. The number of pyridine rings is 2. The van der Waals surface area contributed by atoms with Gasteiger partial charge in [0, 0.05) is 66.6 Å². The van der Waals surface area contributed by atoms with Crippen LogP contribution in [0.5, 0.6) is 0 Å². The van der Waals surface area contributed by atoms with Crippen molar-refractivity contribution >= 4 is 11.6 Å². The molecule has 2 saturated heterocycles. The van der Waals surface area contributed by atoms with Gasteiger partial charge in [-0.25, -0.2) is 8.78 Å². The van der Waals surface area contributed by atoms with E-state index in [1.54, 1.807) is 12.4 Å². The van der Waals surface area contributed by atoms with Crippen LogP contribution < -0.4 is 15.5 Å². The molecule has 0 bridgehead atoms. The number of hydrogen-bond donors (Lipinski definition) is 2. The second-order valence-corrected chi connectivity index (χ2v) is 10.2. The molecule has 0 unspecified atom stereocenters. The van der Waals surface area contributed by atoms with Gasteiger partial charge in [-0.15, -0.1) is 0 Å². The average molecular weight is 492 g/mol. The third-order valence-electron chi connectivity index (χ3n) is 7.21. The summed E-state index contributed by atoms with van der Waals surface area (Å²) in [5, 5.41) is 6.73. The Morgan fingerprint density at radius 3 is 2.50 bits per heavy atom. The highest BCUT2D eigenvalue weighted by molar-refractivity contribution is 6.03. The van der Waals surface area contributed by atoms with E-state index in [0.29, 0.717) is 35.0 Å². The molecule has 2 aliphatic rings. The number of amides is 1. The van der Waals surface area contributed by atoms with E-state index in [0.717, 1.165) is 55.4 Å². The number of halogens is 2. The lowest BCUT2D eigenvalue weighted by Crippen LogP contribution is -2.45. The Kier molecular flexibility index (Phi) is 6.47. The smallest absolute Gasteiger partial charge is 0.255 e. The Hall–Kier alpha value is -3.39. The summed E-state index contributed by atoms with van der Waals surface area (Å²) < 4.78 is 28.3. The van der Waals surface area contributed by atoms with Crippen molar-refractivity contribution in [2.75, 3.05) is 18.0 Å². The Morgan fingerprint density at radius 2 is 1.83 bits per heavy atom. The fourth-order valence-electron chi connectivity index (χ4n) is 5.73. The summed E-state index contributed by atoms with van der Waals surface area (Å²) >= 11 is 0. The molecule has 3 aromatic rings. The molecular weight excluding hydrogens is 460 g/mol. The van der Waals surface area contributed by atoms with Crippen molar-refractivity contribution in [2.24, 2.45) is 0 Å². The fraction of sp³-hybridized carbons (Fsp3) is 0.393. The number of carbonyl (C=O) groups is 1. The summed E-state index contributed by atoms with van der Waals surface area (Å²) in [6.07, 6.45) is 6.23. The van der Waals surface area contributed by atoms with E-state index < -0.39 is 11.6 Å². The molecule has 2 atom stereocenters. The molecule has 6 nitrogen and oxygen atoms in total. The zero-order valence-electron chi connectivity index (χ0n) is 20.9. The van der Waals surface area contributed by atoms with Gasteiger partial charge in [0.2, 0.25) is 0 Å². The quantitative estimate of drug-likeness (QED) is 0.542. The molecule has 1 spiro atoms. The van der Waals surface area contributed by atoms with Crippen LogP contribution in [0.25, 0.3) is 11.1 Å². The van der Waals surface area contributed by atoms with Crippen LogP contribution in [0.1, 0.15) is 53.5 Å². The van der Waals surface area contributed by atoms with Gasteiger partial charge >= 0.3 is 0 Å². The van der Waals surface area contributed by atoms with Crippen LogP contribution in [-0.2, 0) is 6.54 Å². The van der Waals surface area contributed by atoms with Gasteiger partial charge in [0.25, 0.3) is 5.91 Å². The van der Waals surface area contributed by atoms with E-state index in [2.05, 4.69) is 32.4 Å². The predicted molar refractivity (Wildman–Crippen MR) is 136 cm³/mol. The van der Waals surface area contributed by atoms with Crippen molar-refractivity contribution in [3.8, 4) is 11.1 Å². The van der Waals surface area contributed by atoms with Crippen LogP contribution in [0.2, 0.25) is 0 Å². The van der Waals surface area contributed by atoms with Crippen LogP contribution in [0.15, 0.2) is 42.7 Å². The molecule has 2 fully saturated rings. The number of carbonyl (C=O) groups excluding carboxylic acids is 1. The Labute approximate surface area is 210 Å². The number of nitrogens with one attached hydrogen (secondary N) is 2. The van der Waals surface area contributed by atoms with E-state index >= 15 is 0 Å². The number of hydrogen-bond acceptors (Lipinski definition) is 5. The highest BCUT2D eigenvalue weighted by atomic mass is 19.1. The Morgan fingerprint density at radius 1 is 1.11 bits per heavy atom. The van der Waals surface area contributed by atoms with Crippen LogP contribution in [0.4, 0.5) is 14.5 Å². The van der Waals surface area contributed by atoms with Crippen LogP contribution in [-0.4, -0.2) is 40.5 Å². The summed E-state index contributed by atoms with van der Waals surface area (Å²) in [5.74, 6) is -1.62. The normalized spacial score (nSPS) is 21.4. The van der Waals surface area contributed by atoms with Crippen molar-refractivity contribution in [2.45, 2.75) is 58.2 Å². The highest BCUT2D eigenvalue weighted by Gasteiger charge is 2.43. The number of benzene rings is 1. The SMILES string of the molecule is Cc1cc(CNC(=O)c2cncc(-c3cc(F)cc(F)c3)c2N2CC[C@]3(CC[C@H](C)N3)C2)cc(C)n1. The van der Waals surface area contributed by atoms with Gasteiger partial charge < -0.3 is 15.5 Å². The van der Waals surface area contributed by atoms with Gasteiger partial charge in [0.15, 0.2) is 0 Å². The average Bonchev–Trinajstić information content (AvgIpc) is 3.40. The third kappa shape index (κ3) is 4.95. The lowest BCUT2D eigenvalue weighted by atomic mass is 9.96. The molecule has 2 N–H and O–H groups in total. The minimum Gasteiger partial charge on any atom is -0.368 e. The van der Waals surface area contributed by atoms with Crippen LogP contribution in [0.3, 0.4) is 0 Å². The number of nitrogens with zero attached hydrogens (tertiary/aromatic N) is 3. The van der Waals surface area contributed by atoms with Gasteiger partial charge in [-0.3, -0.25) is 14.8 Å². The third-order valence-corrected chi connectivity index (χ3v) is 7.21. The van der Waals surface area contributed by atoms with Gasteiger partial charge in [-0.05, 0) is 75.4 Å². The molecule has 188 valence electrons. The molecule has 4 heterocycles. The van der Waals surface area contributed by atoms with E-state index in [1.807, 2.05) is 26.0 Å². The highest BCUT2D eigenvalue weighted by Crippen LogP contribution is 2.40. The van der Waals surface area contributed by atoms with Crippen LogP contribution in [0, 0.1) is 25.5 Å². The first-order valence-corrected chi connectivity index (χ1v) is 12.4. The molecule has 36 heavy (non-hydrogen) atoms. The molecular formula is C28H31F2N5O. The summed E-state index contributed by atoms with van der Waals surface area (Å²) in [5.41, 5.74) is 4.66. The first-order valence-electron chi connectivity index (χ1n) is 12.4. The van der Waals surface area contributed by atoms with Crippen molar-refractivity contribution in [3.05, 3.63) is 76.9 Å². The number of aryl methyl sites for hydroxylation is 2. The second kappa shape index (κ2) is 9.58. The molecule has 2 aliphatic heterocycles. The maximum atomic E-state index is 14.2.